The first kappa shape index (κ1) is 17.4. The van der Waals surface area contributed by atoms with Gasteiger partial charge < -0.3 is 18.9 Å². The molecule has 1 fully saturated rings. The van der Waals surface area contributed by atoms with Crippen molar-refractivity contribution >= 4 is 5.97 Å². The van der Waals surface area contributed by atoms with Crippen molar-refractivity contribution in [2.75, 3.05) is 19.8 Å². The molecule has 0 aromatic rings. The second-order valence-electron chi connectivity index (χ2n) is 5.64. The summed E-state index contributed by atoms with van der Waals surface area (Å²) in [5.41, 5.74) is 0. The molecule has 1 rings (SSSR count). The molecule has 0 saturated carbocycles. The van der Waals surface area contributed by atoms with Crippen LogP contribution in [-0.2, 0) is 23.7 Å². The summed E-state index contributed by atoms with van der Waals surface area (Å²) in [6.07, 6.45) is 4.05. The number of esters is 1. The Hall–Kier alpha value is -0.650. The molecule has 1 saturated heterocycles. The second-order valence-corrected chi connectivity index (χ2v) is 5.64. The van der Waals surface area contributed by atoms with Crippen LogP contribution in [0.25, 0.3) is 0 Å². The summed E-state index contributed by atoms with van der Waals surface area (Å²) in [6.45, 7) is 8.61. The summed E-state index contributed by atoms with van der Waals surface area (Å²) in [7, 11) is 0. The molecule has 1 atom stereocenters. The predicted octanol–water partition coefficient (Wildman–Crippen LogP) is 2.67. The van der Waals surface area contributed by atoms with E-state index in [1.54, 1.807) is 0 Å². The van der Waals surface area contributed by atoms with Gasteiger partial charge >= 0.3 is 5.97 Å². The van der Waals surface area contributed by atoms with E-state index in [1.807, 2.05) is 13.8 Å². The molecule has 0 radical (unpaired) electrons. The van der Waals surface area contributed by atoms with Crippen LogP contribution in [-0.4, -0.2) is 43.8 Å². The van der Waals surface area contributed by atoms with Gasteiger partial charge in [-0.05, 0) is 26.7 Å². The van der Waals surface area contributed by atoms with Gasteiger partial charge in [0.25, 0.3) is 0 Å². The van der Waals surface area contributed by atoms with Gasteiger partial charge in [-0.15, -0.1) is 0 Å². The highest BCUT2D eigenvalue weighted by Crippen LogP contribution is 2.22. The second kappa shape index (κ2) is 8.60. The first-order chi connectivity index (χ1) is 9.46. The van der Waals surface area contributed by atoms with Crippen molar-refractivity contribution in [3.63, 3.8) is 0 Å². The van der Waals surface area contributed by atoms with E-state index >= 15 is 0 Å². The van der Waals surface area contributed by atoms with Crippen LogP contribution in [0.2, 0.25) is 0 Å². The van der Waals surface area contributed by atoms with Gasteiger partial charge in [-0.2, -0.15) is 0 Å². The van der Waals surface area contributed by atoms with Gasteiger partial charge in [0, 0.05) is 0 Å². The zero-order valence-corrected chi connectivity index (χ0v) is 13.1. The fourth-order valence-corrected chi connectivity index (χ4v) is 2.21. The molecule has 1 aliphatic heterocycles. The first-order valence-corrected chi connectivity index (χ1v) is 7.55. The maximum atomic E-state index is 11.6. The Morgan fingerprint density at radius 2 is 1.95 bits per heavy atom. The lowest BCUT2D eigenvalue weighted by Gasteiger charge is -2.18. The Labute approximate surface area is 121 Å². The van der Waals surface area contributed by atoms with Crippen molar-refractivity contribution < 1.29 is 23.7 Å². The van der Waals surface area contributed by atoms with Crippen molar-refractivity contribution in [3.8, 4) is 0 Å². The van der Waals surface area contributed by atoms with Crippen molar-refractivity contribution in [3.05, 3.63) is 0 Å². The summed E-state index contributed by atoms with van der Waals surface area (Å²) < 4.78 is 21.7. The molecule has 5 heteroatoms. The van der Waals surface area contributed by atoms with E-state index in [1.165, 1.54) is 0 Å². The third kappa shape index (κ3) is 6.68. The molecule has 0 spiro atoms. The Balaban J connectivity index is 2.16. The Kier molecular flexibility index (Phi) is 7.48. The fraction of sp³-hybridized carbons (Fsp3) is 0.933. The third-order valence-corrected chi connectivity index (χ3v) is 3.16. The molecule has 0 N–H and O–H groups in total. The van der Waals surface area contributed by atoms with Gasteiger partial charge in [0.15, 0.2) is 5.79 Å². The first-order valence-electron chi connectivity index (χ1n) is 7.55. The number of carbonyl (C=O) groups is 1. The molecule has 5 nitrogen and oxygen atoms in total. The van der Waals surface area contributed by atoms with E-state index in [4.69, 9.17) is 18.9 Å². The molecule has 0 amide bonds. The van der Waals surface area contributed by atoms with Crippen LogP contribution in [0.5, 0.6) is 0 Å². The Morgan fingerprint density at radius 1 is 1.30 bits per heavy atom. The van der Waals surface area contributed by atoms with Crippen molar-refractivity contribution in [1.82, 2.24) is 0 Å². The average Bonchev–Trinajstić information content (AvgIpc) is 2.74. The highest BCUT2D eigenvalue weighted by molar-refractivity contribution is 5.70. The lowest BCUT2D eigenvalue weighted by atomic mass is 10.1. The van der Waals surface area contributed by atoms with Gasteiger partial charge in [0.05, 0.1) is 12.7 Å². The molecule has 0 bridgehead atoms. The van der Waals surface area contributed by atoms with Gasteiger partial charge in [0.1, 0.15) is 19.3 Å². The quantitative estimate of drug-likeness (QED) is 0.611. The molecular weight excluding hydrogens is 260 g/mol. The van der Waals surface area contributed by atoms with Gasteiger partial charge in [0.2, 0.25) is 0 Å². The van der Waals surface area contributed by atoms with Crippen LogP contribution >= 0.6 is 0 Å². The number of carbonyl (C=O) groups excluding carboxylic acids is 1. The van der Waals surface area contributed by atoms with E-state index in [-0.39, 0.29) is 31.4 Å². The highest BCUT2D eigenvalue weighted by atomic mass is 16.7. The van der Waals surface area contributed by atoms with Crippen molar-refractivity contribution in [1.29, 1.82) is 0 Å². The summed E-state index contributed by atoms with van der Waals surface area (Å²) >= 11 is 0. The zero-order valence-electron chi connectivity index (χ0n) is 13.1. The Morgan fingerprint density at radius 3 is 2.45 bits per heavy atom. The highest BCUT2D eigenvalue weighted by Gasteiger charge is 2.33. The number of rotatable bonds is 9. The zero-order chi connectivity index (χ0) is 15.0. The minimum atomic E-state index is -0.582. The van der Waals surface area contributed by atoms with Gasteiger partial charge in [-0.3, -0.25) is 0 Å². The Bertz CT molecular complexity index is 276. The van der Waals surface area contributed by atoms with E-state index in [0.29, 0.717) is 6.61 Å². The summed E-state index contributed by atoms with van der Waals surface area (Å²) in [5.74, 6) is -0.920. The summed E-state index contributed by atoms with van der Waals surface area (Å²) in [6, 6.07) is 0. The maximum Gasteiger partial charge on any atom is 0.332 e. The lowest BCUT2D eigenvalue weighted by molar-refractivity contribution is -0.163. The largest absolute Gasteiger partial charge is 0.461 e. The van der Waals surface area contributed by atoms with Crippen LogP contribution in [0.3, 0.4) is 0 Å². The molecule has 20 heavy (non-hydrogen) atoms. The minimum absolute atomic E-state index is 0.0155. The van der Waals surface area contributed by atoms with Crippen LogP contribution in [0.4, 0.5) is 0 Å². The molecule has 0 aliphatic carbocycles. The summed E-state index contributed by atoms with van der Waals surface area (Å²) in [4.78, 5) is 11.6. The molecule has 1 unspecified atom stereocenters. The molecule has 1 aliphatic rings. The fourth-order valence-electron chi connectivity index (χ4n) is 2.21. The molecular formula is C15H28O5. The molecule has 0 aromatic carbocycles. The van der Waals surface area contributed by atoms with Crippen LogP contribution < -0.4 is 0 Å². The van der Waals surface area contributed by atoms with Crippen molar-refractivity contribution in [2.24, 2.45) is 0 Å². The predicted molar refractivity (Wildman–Crippen MR) is 75.4 cm³/mol. The van der Waals surface area contributed by atoms with Crippen LogP contribution in [0, 0.1) is 0 Å². The van der Waals surface area contributed by atoms with Gasteiger partial charge in [-0.1, -0.05) is 26.7 Å². The van der Waals surface area contributed by atoms with E-state index < -0.39 is 5.79 Å². The molecule has 118 valence electrons. The maximum absolute atomic E-state index is 11.6. The number of hydrogen-bond acceptors (Lipinski definition) is 5. The molecule has 0 aromatic heterocycles. The minimum Gasteiger partial charge on any atom is -0.461 e. The average molecular weight is 288 g/mol. The van der Waals surface area contributed by atoms with Gasteiger partial charge in [-0.25, -0.2) is 4.79 Å². The monoisotopic (exact) mass is 288 g/mol. The third-order valence-electron chi connectivity index (χ3n) is 3.16. The number of ether oxygens (including phenoxy) is 4. The standard InChI is InChI=1S/C15H28O5/c1-5-7-12(8-6-2)17-11-14(16)18-9-13-10-19-15(3,4)20-13/h12-13H,5-11H2,1-4H3. The van der Waals surface area contributed by atoms with E-state index in [2.05, 4.69) is 13.8 Å². The lowest BCUT2D eigenvalue weighted by Crippen LogP contribution is -2.27. The normalized spacial score (nSPS) is 21.4. The van der Waals surface area contributed by atoms with Crippen LogP contribution in [0.15, 0.2) is 0 Å². The van der Waals surface area contributed by atoms with E-state index in [0.717, 1.165) is 25.7 Å². The SMILES string of the molecule is CCCC(CCC)OCC(=O)OCC1COC(C)(C)O1. The van der Waals surface area contributed by atoms with E-state index in [9.17, 15) is 4.79 Å². The molecule has 1 heterocycles. The summed E-state index contributed by atoms with van der Waals surface area (Å²) in [5, 5.41) is 0. The smallest absolute Gasteiger partial charge is 0.332 e. The van der Waals surface area contributed by atoms with Crippen LogP contribution in [0.1, 0.15) is 53.4 Å². The number of hydrogen-bond donors (Lipinski definition) is 0. The van der Waals surface area contributed by atoms with Crippen molar-refractivity contribution in [2.45, 2.75) is 71.4 Å². The topological polar surface area (TPSA) is 54.0 Å².